The molecule has 34 heavy (non-hydrogen) atoms. The lowest BCUT2D eigenvalue weighted by Gasteiger charge is -2.28. The number of halogens is 5. The van der Waals surface area contributed by atoms with Crippen LogP contribution >= 0.6 is 0 Å². The fourth-order valence-electron chi connectivity index (χ4n) is 3.69. The van der Waals surface area contributed by atoms with Gasteiger partial charge in [-0.15, -0.1) is 0 Å². The van der Waals surface area contributed by atoms with E-state index < -0.39 is 34.9 Å². The molecular formula is C22H21F5N6O. The number of aliphatic imine (C=N–C) groups is 1. The van der Waals surface area contributed by atoms with Gasteiger partial charge in [0.1, 0.15) is 23.3 Å². The summed E-state index contributed by atoms with van der Waals surface area (Å²) in [5, 5.41) is 7.89. The predicted octanol–water partition coefficient (Wildman–Crippen LogP) is 4.96. The molecule has 180 valence electrons. The highest BCUT2D eigenvalue weighted by molar-refractivity contribution is 6.13. The van der Waals surface area contributed by atoms with E-state index in [4.69, 9.17) is 0 Å². The SMILES string of the molecule is CCCN(C[C@@H](C)C(F)(F)F)c1cc2c(cn1)NC(c1c(F)cccc1F)=Nc1c-2[nH][nH]c1=O. The van der Waals surface area contributed by atoms with Gasteiger partial charge < -0.3 is 10.2 Å². The second-order valence-electron chi connectivity index (χ2n) is 7.96. The molecule has 7 nitrogen and oxygen atoms in total. The molecule has 1 aromatic carbocycles. The zero-order valence-corrected chi connectivity index (χ0v) is 18.2. The highest BCUT2D eigenvalue weighted by atomic mass is 19.4. The summed E-state index contributed by atoms with van der Waals surface area (Å²) in [6.07, 6.45) is -2.46. The van der Waals surface area contributed by atoms with E-state index >= 15 is 0 Å². The summed E-state index contributed by atoms with van der Waals surface area (Å²) in [6, 6.07) is 4.83. The van der Waals surface area contributed by atoms with Crippen molar-refractivity contribution in [2.24, 2.45) is 10.9 Å². The van der Waals surface area contributed by atoms with E-state index in [1.807, 2.05) is 6.92 Å². The number of hydrogen-bond donors (Lipinski definition) is 3. The molecule has 0 saturated heterocycles. The molecule has 0 aliphatic carbocycles. The van der Waals surface area contributed by atoms with Gasteiger partial charge in [-0.3, -0.25) is 15.0 Å². The van der Waals surface area contributed by atoms with E-state index in [1.165, 1.54) is 23.2 Å². The number of fused-ring (bicyclic) bond motifs is 3. The summed E-state index contributed by atoms with van der Waals surface area (Å²) in [7, 11) is 0. The van der Waals surface area contributed by atoms with Gasteiger partial charge in [-0.1, -0.05) is 19.9 Å². The number of amidine groups is 1. The Morgan fingerprint density at radius 2 is 1.85 bits per heavy atom. The standard InChI is InChI=1S/C22H21F5N6O/c1-3-7-33(10-11(2)22(25,26)27)16-8-12-15(9-28-16)29-20(17-13(23)5-4-6-14(17)24)30-19-18(12)31-32-21(19)34/h4-6,8-9,11H,3,7,10H2,1-2H3,(H,29,30)(H2,31,32,34)/t11-/m1/s1. The average Bonchev–Trinajstić information content (AvgIpc) is 3.04. The van der Waals surface area contributed by atoms with Gasteiger partial charge in [0.2, 0.25) is 0 Å². The van der Waals surface area contributed by atoms with Crippen molar-refractivity contribution in [1.82, 2.24) is 15.2 Å². The fraction of sp³-hybridized carbons (Fsp3) is 0.318. The second-order valence-corrected chi connectivity index (χ2v) is 7.96. The predicted molar refractivity (Wildman–Crippen MR) is 119 cm³/mol. The van der Waals surface area contributed by atoms with Crippen LogP contribution in [0.3, 0.4) is 0 Å². The van der Waals surface area contributed by atoms with Crippen LogP contribution in [0.1, 0.15) is 25.8 Å². The smallest absolute Gasteiger partial charge is 0.356 e. The fourth-order valence-corrected chi connectivity index (χ4v) is 3.69. The number of aromatic amines is 2. The van der Waals surface area contributed by atoms with Gasteiger partial charge in [0.15, 0.2) is 5.69 Å². The monoisotopic (exact) mass is 480 g/mol. The number of pyridine rings is 1. The Hall–Kier alpha value is -3.70. The Kier molecular flexibility index (Phi) is 6.15. The molecule has 2 aromatic heterocycles. The summed E-state index contributed by atoms with van der Waals surface area (Å²) >= 11 is 0. The van der Waals surface area contributed by atoms with Crippen molar-refractivity contribution in [2.75, 3.05) is 23.3 Å². The molecule has 0 radical (unpaired) electrons. The van der Waals surface area contributed by atoms with E-state index in [1.54, 1.807) is 0 Å². The number of anilines is 2. The Bertz CT molecular complexity index is 1280. The van der Waals surface area contributed by atoms with Crippen molar-refractivity contribution in [3.8, 4) is 11.3 Å². The molecule has 0 bridgehead atoms. The molecule has 0 spiro atoms. The van der Waals surface area contributed by atoms with Crippen LogP contribution in [0.2, 0.25) is 0 Å². The summed E-state index contributed by atoms with van der Waals surface area (Å²) in [4.78, 5) is 22.3. The summed E-state index contributed by atoms with van der Waals surface area (Å²) < 4.78 is 68.5. The lowest BCUT2D eigenvalue weighted by atomic mass is 10.1. The molecule has 0 fully saturated rings. The zero-order chi connectivity index (χ0) is 24.6. The van der Waals surface area contributed by atoms with Crippen LogP contribution in [0.4, 0.5) is 39.1 Å². The van der Waals surface area contributed by atoms with E-state index in [2.05, 4.69) is 25.5 Å². The second kappa shape index (κ2) is 8.92. The number of nitrogens with one attached hydrogen (secondary N) is 3. The first-order chi connectivity index (χ1) is 16.1. The summed E-state index contributed by atoms with van der Waals surface area (Å²) in [5.74, 6) is -3.36. The Labute approximate surface area is 190 Å². The molecule has 1 atom stereocenters. The lowest BCUT2D eigenvalue weighted by molar-refractivity contribution is -0.166. The Morgan fingerprint density at radius 3 is 2.50 bits per heavy atom. The van der Waals surface area contributed by atoms with Gasteiger partial charge in [0.05, 0.1) is 29.1 Å². The van der Waals surface area contributed by atoms with Crippen molar-refractivity contribution in [1.29, 1.82) is 0 Å². The van der Waals surface area contributed by atoms with Gasteiger partial charge >= 0.3 is 6.18 Å². The summed E-state index contributed by atoms with van der Waals surface area (Å²) in [5.41, 5.74) is -0.394. The minimum absolute atomic E-state index is 0.133. The molecule has 4 rings (SSSR count). The van der Waals surface area contributed by atoms with Gasteiger partial charge in [-0.25, -0.2) is 18.8 Å². The number of alkyl halides is 3. The van der Waals surface area contributed by atoms with Crippen LogP contribution in [0.25, 0.3) is 11.3 Å². The molecular weight excluding hydrogens is 459 g/mol. The van der Waals surface area contributed by atoms with Crippen LogP contribution < -0.4 is 15.8 Å². The number of aromatic nitrogens is 3. The first-order valence-electron chi connectivity index (χ1n) is 10.5. The van der Waals surface area contributed by atoms with E-state index in [0.717, 1.165) is 19.1 Å². The van der Waals surface area contributed by atoms with Gasteiger partial charge in [0.25, 0.3) is 5.56 Å². The minimum atomic E-state index is -4.37. The van der Waals surface area contributed by atoms with Crippen LogP contribution in [0.15, 0.2) is 40.2 Å². The van der Waals surface area contributed by atoms with Crippen molar-refractivity contribution < 1.29 is 22.0 Å². The third-order valence-electron chi connectivity index (χ3n) is 5.46. The van der Waals surface area contributed by atoms with Gasteiger partial charge in [0, 0.05) is 18.7 Å². The molecule has 1 aliphatic heterocycles. The van der Waals surface area contributed by atoms with Crippen LogP contribution in [0, 0.1) is 17.6 Å². The van der Waals surface area contributed by atoms with Crippen LogP contribution in [-0.2, 0) is 0 Å². The van der Waals surface area contributed by atoms with Crippen molar-refractivity contribution in [3.05, 3.63) is 58.0 Å². The minimum Gasteiger partial charge on any atom is -0.356 e. The molecule has 1 aliphatic rings. The first-order valence-corrected chi connectivity index (χ1v) is 10.5. The zero-order valence-electron chi connectivity index (χ0n) is 18.2. The average molecular weight is 480 g/mol. The third kappa shape index (κ3) is 4.39. The largest absolute Gasteiger partial charge is 0.393 e. The topological polar surface area (TPSA) is 89.2 Å². The molecule has 12 heteroatoms. The highest BCUT2D eigenvalue weighted by Gasteiger charge is 2.37. The third-order valence-corrected chi connectivity index (χ3v) is 5.46. The molecule has 3 heterocycles. The number of benzene rings is 1. The molecule has 3 aromatic rings. The van der Waals surface area contributed by atoms with Crippen molar-refractivity contribution >= 4 is 23.0 Å². The Balaban J connectivity index is 1.81. The molecule has 0 unspecified atom stereocenters. The van der Waals surface area contributed by atoms with Gasteiger partial charge in [-0.2, -0.15) is 13.2 Å². The van der Waals surface area contributed by atoms with E-state index in [9.17, 15) is 26.7 Å². The highest BCUT2D eigenvalue weighted by Crippen LogP contribution is 2.37. The number of rotatable bonds is 6. The lowest BCUT2D eigenvalue weighted by Crippen LogP contribution is -2.36. The van der Waals surface area contributed by atoms with Crippen molar-refractivity contribution in [3.63, 3.8) is 0 Å². The first kappa shape index (κ1) is 23.5. The maximum Gasteiger partial charge on any atom is 0.393 e. The molecule has 0 amide bonds. The number of hydrogen-bond acceptors (Lipinski definition) is 5. The number of H-pyrrole nitrogens is 2. The quantitative estimate of drug-likeness (QED) is 0.435. The maximum atomic E-state index is 14.4. The molecule has 0 saturated carbocycles. The van der Waals surface area contributed by atoms with Crippen molar-refractivity contribution in [2.45, 2.75) is 26.4 Å². The van der Waals surface area contributed by atoms with E-state index in [-0.39, 0.29) is 35.3 Å². The van der Waals surface area contributed by atoms with E-state index in [0.29, 0.717) is 18.5 Å². The Morgan fingerprint density at radius 1 is 1.15 bits per heavy atom. The normalized spacial score (nSPS) is 13.9. The maximum absolute atomic E-state index is 14.4. The molecule has 3 N–H and O–H groups in total. The van der Waals surface area contributed by atoms with Gasteiger partial charge in [-0.05, 0) is 24.6 Å². The number of nitrogens with zero attached hydrogens (tertiary/aromatic N) is 3. The summed E-state index contributed by atoms with van der Waals surface area (Å²) in [6.45, 7) is 2.94. The van der Waals surface area contributed by atoms with Crippen LogP contribution in [0.5, 0.6) is 0 Å². The van der Waals surface area contributed by atoms with Crippen LogP contribution in [-0.4, -0.2) is 40.3 Å².